The quantitative estimate of drug-likeness (QED) is 0.368. The SMILES string of the molecule is COc1ccccc1N1C(=O)[C@@H]2[C@H](C1=O)[C@H]1C=C[C@H]2C1=C(c1ccc(C)cc1)c1ccc(C)cc1. The molecule has 3 aliphatic rings. The van der Waals surface area contributed by atoms with E-state index in [4.69, 9.17) is 4.74 Å². The van der Waals surface area contributed by atoms with E-state index in [0.29, 0.717) is 11.4 Å². The van der Waals surface area contributed by atoms with Gasteiger partial charge in [-0.1, -0.05) is 83.9 Å². The summed E-state index contributed by atoms with van der Waals surface area (Å²) in [6, 6.07) is 24.3. The lowest BCUT2D eigenvalue weighted by atomic mass is 9.85. The summed E-state index contributed by atoms with van der Waals surface area (Å²) >= 11 is 0. The number of carbonyl (C=O) groups excluding carboxylic acids is 2. The Labute approximate surface area is 205 Å². The first kappa shape index (κ1) is 21.6. The number of allylic oxidation sites excluding steroid dienone is 3. The van der Waals surface area contributed by atoms with Crippen molar-refractivity contribution in [1.82, 2.24) is 0 Å². The second-order valence-corrected chi connectivity index (χ2v) is 9.73. The lowest BCUT2D eigenvalue weighted by Gasteiger charge is -2.22. The monoisotopic (exact) mass is 461 g/mol. The molecule has 0 spiro atoms. The molecule has 4 heteroatoms. The van der Waals surface area contributed by atoms with Crippen LogP contribution in [0.2, 0.25) is 0 Å². The Balaban J connectivity index is 1.49. The van der Waals surface area contributed by atoms with Crippen LogP contribution in [0.4, 0.5) is 5.69 Å². The highest BCUT2D eigenvalue weighted by Crippen LogP contribution is 2.59. The van der Waals surface area contributed by atoms with E-state index in [0.717, 1.165) is 16.7 Å². The summed E-state index contributed by atoms with van der Waals surface area (Å²) in [4.78, 5) is 28.9. The average Bonchev–Trinajstić information content (AvgIpc) is 3.50. The fraction of sp³-hybridized carbons (Fsp3) is 0.226. The largest absolute Gasteiger partial charge is 0.495 e. The van der Waals surface area contributed by atoms with Gasteiger partial charge in [0.05, 0.1) is 24.6 Å². The fourth-order valence-corrected chi connectivity index (χ4v) is 6.09. The molecule has 2 aliphatic carbocycles. The summed E-state index contributed by atoms with van der Waals surface area (Å²) in [5.41, 5.74) is 7.50. The first-order chi connectivity index (χ1) is 17.0. The molecule has 2 amide bonds. The number of benzene rings is 3. The summed E-state index contributed by atoms with van der Waals surface area (Å²) in [6.07, 6.45) is 4.28. The number of nitrogens with zero attached hydrogens (tertiary/aromatic N) is 1. The standard InChI is InChI=1S/C31H27NO3/c1-18-8-12-20(13-9-18)26(21-14-10-19(2)11-15-21)27-22-16-17-23(27)29-28(22)30(33)32(31(29)34)24-6-4-5-7-25(24)35-3/h4-17,22-23,28-29H,1-3H3/t22-,23-,28-,29+/m0/s1. The van der Waals surface area contributed by atoms with Crippen LogP contribution in [0, 0.1) is 37.5 Å². The second-order valence-electron chi connectivity index (χ2n) is 9.73. The molecule has 0 radical (unpaired) electrons. The molecule has 0 aromatic heterocycles. The van der Waals surface area contributed by atoms with E-state index in [2.05, 4.69) is 74.5 Å². The minimum absolute atomic E-state index is 0.0984. The third-order valence-electron chi connectivity index (χ3n) is 7.71. The number of hydrogen-bond donors (Lipinski definition) is 0. The topological polar surface area (TPSA) is 46.6 Å². The van der Waals surface area contributed by atoms with E-state index in [9.17, 15) is 9.59 Å². The molecule has 1 saturated heterocycles. The highest BCUT2D eigenvalue weighted by molar-refractivity contribution is 6.24. The lowest BCUT2D eigenvalue weighted by molar-refractivity contribution is -0.123. The van der Waals surface area contributed by atoms with E-state index in [1.165, 1.54) is 21.6 Å². The normalized spacial score (nSPS) is 24.3. The highest BCUT2D eigenvalue weighted by atomic mass is 16.5. The number of imide groups is 1. The molecular weight excluding hydrogens is 434 g/mol. The van der Waals surface area contributed by atoms with Crippen LogP contribution in [0.25, 0.3) is 5.57 Å². The number of ether oxygens (including phenoxy) is 1. The Kier molecular flexibility index (Phi) is 4.99. The van der Waals surface area contributed by atoms with Gasteiger partial charge in [0.25, 0.3) is 0 Å². The van der Waals surface area contributed by atoms with Gasteiger partial charge >= 0.3 is 0 Å². The maximum absolute atomic E-state index is 13.8. The van der Waals surface area contributed by atoms with Crippen molar-refractivity contribution in [3.05, 3.63) is 113 Å². The number of methoxy groups -OCH3 is 1. The Bertz CT molecular complexity index is 1320. The first-order valence-corrected chi connectivity index (χ1v) is 12.1. The number of rotatable bonds is 4. The molecular formula is C31H27NO3. The summed E-state index contributed by atoms with van der Waals surface area (Å²) in [6.45, 7) is 4.16. The van der Waals surface area contributed by atoms with E-state index >= 15 is 0 Å². The first-order valence-electron chi connectivity index (χ1n) is 12.1. The number of anilines is 1. The van der Waals surface area contributed by atoms with Crippen molar-refractivity contribution < 1.29 is 14.3 Å². The van der Waals surface area contributed by atoms with Crippen LogP contribution in [0.5, 0.6) is 5.75 Å². The van der Waals surface area contributed by atoms with E-state index in [1.54, 1.807) is 19.2 Å². The van der Waals surface area contributed by atoms with Crippen molar-refractivity contribution in [3.8, 4) is 5.75 Å². The van der Waals surface area contributed by atoms with Crippen molar-refractivity contribution in [2.24, 2.45) is 23.7 Å². The van der Waals surface area contributed by atoms with Gasteiger partial charge in [0.2, 0.25) is 11.8 Å². The van der Waals surface area contributed by atoms with Crippen LogP contribution in [0.15, 0.2) is 90.5 Å². The molecule has 6 rings (SSSR count). The van der Waals surface area contributed by atoms with Crippen LogP contribution in [0.3, 0.4) is 0 Å². The fourth-order valence-electron chi connectivity index (χ4n) is 6.09. The Hall–Kier alpha value is -3.92. The van der Waals surface area contributed by atoms with E-state index < -0.39 is 0 Å². The Morgan fingerprint density at radius 2 is 1.20 bits per heavy atom. The van der Waals surface area contributed by atoms with Crippen LogP contribution in [-0.4, -0.2) is 18.9 Å². The molecule has 1 saturated carbocycles. The van der Waals surface area contributed by atoms with Gasteiger partial charge in [0.1, 0.15) is 5.75 Å². The maximum Gasteiger partial charge on any atom is 0.238 e. The molecule has 4 atom stereocenters. The van der Waals surface area contributed by atoms with Crippen LogP contribution < -0.4 is 9.64 Å². The molecule has 3 aromatic carbocycles. The number of fused-ring (bicyclic) bond motifs is 5. The van der Waals surface area contributed by atoms with Gasteiger partial charge in [-0.25, -0.2) is 4.90 Å². The number of carbonyl (C=O) groups is 2. The lowest BCUT2D eigenvalue weighted by Crippen LogP contribution is -2.33. The molecule has 4 nitrogen and oxygen atoms in total. The Morgan fingerprint density at radius 3 is 1.69 bits per heavy atom. The minimum Gasteiger partial charge on any atom is -0.495 e. The zero-order valence-corrected chi connectivity index (χ0v) is 20.1. The number of aryl methyl sites for hydroxylation is 2. The molecule has 1 heterocycles. The number of para-hydroxylation sites is 2. The van der Waals surface area contributed by atoms with Gasteiger partial charge in [-0.05, 0) is 48.3 Å². The zero-order valence-electron chi connectivity index (χ0n) is 20.1. The molecule has 2 fully saturated rings. The van der Waals surface area contributed by atoms with Gasteiger partial charge in [0.15, 0.2) is 0 Å². The van der Waals surface area contributed by atoms with Crippen LogP contribution in [-0.2, 0) is 9.59 Å². The smallest absolute Gasteiger partial charge is 0.238 e. The molecule has 174 valence electrons. The summed E-state index contributed by atoms with van der Waals surface area (Å²) in [7, 11) is 1.56. The maximum atomic E-state index is 13.8. The van der Waals surface area contributed by atoms with Gasteiger partial charge in [-0.3, -0.25) is 9.59 Å². The summed E-state index contributed by atoms with van der Waals surface area (Å²) in [5.74, 6) is -0.702. The number of amides is 2. The average molecular weight is 462 g/mol. The van der Waals surface area contributed by atoms with Crippen LogP contribution in [0.1, 0.15) is 22.3 Å². The molecule has 35 heavy (non-hydrogen) atoms. The van der Waals surface area contributed by atoms with Crippen molar-refractivity contribution >= 4 is 23.1 Å². The molecule has 1 aliphatic heterocycles. The van der Waals surface area contributed by atoms with Gasteiger partial charge in [0, 0.05) is 11.8 Å². The van der Waals surface area contributed by atoms with Gasteiger partial charge in [-0.15, -0.1) is 0 Å². The molecule has 0 unspecified atom stereocenters. The molecule has 0 N–H and O–H groups in total. The van der Waals surface area contributed by atoms with E-state index in [-0.39, 0.29) is 35.5 Å². The van der Waals surface area contributed by atoms with Crippen LogP contribution >= 0.6 is 0 Å². The predicted molar refractivity (Wildman–Crippen MR) is 137 cm³/mol. The molecule has 3 aromatic rings. The summed E-state index contributed by atoms with van der Waals surface area (Å²) in [5, 5.41) is 0. The zero-order chi connectivity index (χ0) is 24.3. The summed E-state index contributed by atoms with van der Waals surface area (Å²) < 4.78 is 5.47. The van der Waals surface area contributed by atoms with Crippen molar-refractivity contribution in [3.63, 3.8) is 0 Å². The number of hydrogen-bond acceptors (Lipinski definition) is 3. The third kappa shape index (κ3) is 3.20. The molecule has 2 bridgehead atoms. The van der Waals surface area contributed by atoms with Crippen molar-refractivity contribution in [2.45, 2.75) is 13.8 Å². The van der Waals surface area contributed by atoms with E-state index in [1.807, 2.05) is 12.1 Å². The van der Waals surface area contributed by atoms with Gasteiger partial charge < -0.3 is 4.74 Å². The minimum atomic E-state index is -0.386. The third-order valence-corrected chi connectivity index (χ3v) is 7.71. The second kappa shape index (κ2) is 8.09. The Morgan fingerprint density at radius 1 is 0.714 bits per heavy atom. The van der Waals surface area contributed by atoms with Crippen molar-refractivity contribution in [2.75, 3.05) is 12.0 Å². The van der Waals surface area contributed by atoms with Crippen molar-refractivity contribution in [1.29, 1.82) is 0 Å². The highest BCUT2D eigenvalue weighted by Gasteiger charge is 2.62. The predicted octanol–water partition coefficient (Wildman–Crippen LogP) is 5.74. The van der Waals surface area contributed by atoms with Gasteiger partial charge in [-0.2, -0.15) is 0 Å².